The summed E-state index contributed by atoms with van der Waals surface area (Å²) in [5, 5.41) is 13.0. The number of halogens is 5. The number of nitrogens with two attached hydrogens (primary N) is 1. The number of fused-ring (bicyclic) bond motifs is 3. The van der Waals surface area contributed by atoms with E-state index in [4.69, 9.17) is 16.0 Å². The lowest BCUT2D eigenvalue weighted by Crippen LogP contribution is -2.56. The third-order valence-electron chi connectivity index (χ3n) is 10.4. The van der Waals surface area contributed by atoms with Gasteiger partial charge in [0.1, 0.15) is 34.0 Å². The predicted molar refractivity (Wildman–Crippen MR) is 182 cm³/mol. The van der Waals surface area contributed by atoms with Crippen LogP contribution in [0.2, 0.25) is 0 Å². The monoisotopic (exact) mass is 694 g/mol. The third kappa shape index (κ3) is 5.81. The Hall–Kier alpha value is -4.19. The molecule has 14 heteroatoms. The van der Waals surface area contributed by atoms with E-state index in [1.54, 1.807) is 0 Å². The zero-order valence-corrected chi connectivity index (χ0v) is 27.7. The number of rotatable bonds is 7. The molecule has 4 aliphatic heterocycles. The van der Waals surface area contributed by atoms with Crippen LogP contribution in [0.5, 0.6) is 0 Å². The highest BCUT2D eigenvalue weighted by Gasteiger charge is 2.47. The molecule has 2 aromatic heterocycles. The van der Waals surface area contributed by atoms with E-state index in [0.29, 0.717) is 49.6 Å². The van der Waals surface area contributed by atoms with Gasteiger partial charge in [0.05, 0.1) is 27.6 Å². The Labute approximate surface area is 284 Å². The standard InChI is InChI=1S/C35H35F5N8S/c1-3-21-17-48-22(13-44-21)9-18(2)27-28-31(30(38)23(29(27)37)14-43-15-24(36)25-10-19(12-41)33(42)49-25)45-26(46-34(28)48)5-7-35-6-4-8-47(35)16-20(11-35)32(39)40/h10,14-15,21-22,44H,2-9,11,13,16-17,42H2,1H3/b24-15+,43-14?/t21-,22-,35?/m1/s1. The van der Waals surface area contributed by atoms with E-state index in [1.165, 1.54) is 6.07 Å². The second kappa shape index (κ2) is 12.9. The second-order valence-electron chi connectivity index (χ2n) is 13.3. The van der Waals surface area contributed by atoms with E-state index < -0.39 is 34.6 Å². The molecular formula is C35H35F5N8S. The molecule has 1 unspecified atom stereocenters. The van der Waals surface area contributed by atoms with E-state index in [-0.39, 0.29) is 62.5 Å². The van der Waals surface area contributed by atoms with Crippen molar-refractivity contribution >= 4 is 50.7 Å². The van der Waals surface area contributed by atoms with Crippen molar-refractivity contribution in [2.75, 3.05) is 36.8 Å². The van der Waals surface area contributed by atoms with Gasteiger partial charge >= 0.3 is 0 Å². The van der Waals surface area contributed by atoms with Crippen LogP contribution in [0.1, 0.15) is 72.8 Å². The van der Waals surface area contributed by atoms with Crippen molar-refractivity contribution in [1.29, 1.82) is 5.26 Å². The molecule has 6 heterocycles. The average molecular weight is 695 g/mol. The number of piperazine rings is 1. The first-order valence-electron chi connectivity index (χ1n) is 16.4. The molecule has 3 N–H and O–H groups in total. The fourth-order valence-electron chi connectivity index (χ4n) is 7.90. The van der Waals surface area contributed by atoms with Crippen molar-refractivity contribution in [2.45, 2.75) is 69.5 Å². The highest BCUT2D eigenvalue weighted by molar-refractivity contribution is 7.17. The summed E-state index contributed by atoms with van der Waals surface area (Å²) in [6.45, 7) is 8.40. The molecule has 8 nitrogen and oxygen atoms in total. The number of nitrogens with one attached hydrogen (secondary N) is 1. The zero-order chi connectivity index (χ0) is 34.6. The lowest BCUT2D eigenvalue weighted by atomic mass is 9.87. The largest absolute Gasteiger partial charge is 0.389 e. The van der Waals surface area contributed by atoms with Gasteiger partial charge in [-0.1, -0.05) is 13.5 Å². The summed E-state index contributed by atoms with van der Waals surface area (Å²) in [5.41, 5.74) is 5.55. The van der Waals surface area contributed by atoms with Gasteiger partial charge in [-0.25, -0.2) is 23.1 Å². The van der Waals surface area contributed by atoms with E-state index in [1.807, 2.05) is 6.07 Å². The van der Waals surface area contributed by atoms with Crippen molar-refractivity contribution in [2.24, 2.45) is 4.99 Å². The summed E-state index contributed by atoms with van der Waals surface area (Å²) in [7, 11) is 0. The molecule has 3 fully saturated rings. The SMILES string of the molecule is C=C1C[C@@H]2CN[C@H](CC)CN2c2nc(CCC34CCCN3CC(=C(F)F)C4)nc3c(F)c(C=N/C=C(/F)c4cc(C#N)c(N)s4)c(F)c1c23. The number of aromatic nitrogens is 2. The minimum atomic E-state index is -1.63. The van der Waals surface area contributed by atoms with E-state index in [0.717, 1.165) is 49.6 Å². The number of benzene rings is 1. The van der Waals surface area contributed by atoms with Crippen LogP contribution >= 0.6 is 11.3 Å². The summed E-state index contributed by atoms with van der Waals surface area (Å²) >= 11 is 0.862. The van der Waals surface area contributed by atoms with Crippen LogP contribution in [0.3, 0.4) is 0 Å². The minimum absolute atomic E-state index is 0.0581. The number of nitriles is 1. The van der Waals surface area contributed by atoms with Crippen molar-refractivity contribution in [3.8, 4) is 6.07 Å². The van der Waals surface area contributed by atoms with Gasteiger partial charge in [-0.2, -0.15) is 14.0 Å². The summed E-state index contributed by atoms with van der Waals surface area (Å²) in [4.78, 5) is 17.8. The smallest absolute Gasteiger partial charge is 0.270 e. The van der Waals surface area contributed by atoms with Crippen molar-refractivity contribution < 1.29 is 22.0 Å². The maximum Gasteiger partial charge on any atom is 0.270 e. The molecule has 0 bridgehead atoms. The molecule has 0 spiro atoms. The molecule has 49 heavy (non-hydrogen) atoms. The Bertz CT molecular complexity index is 1990. The number of hydrogen-bond acceptors (Lipinski definition) is 9. The van der Waals surface area contributed by atoms with Gasteiger partial charge in [-0.3, -0.25) is 9.89 Å². The van der Waals surface area contributed by atoms with Crippen LogP contribution in [0.4, 0.5) is 32.8 Å². The summed E-state index contributed by atoms with van der Waals surface area (Å²) in [5.74, 6) is -1.91. The second-order valence-corrected chi connectivity index (χ2v) is 14.4. The topological polar surface area (TPSA) is 106 Å². The number of aliphatic imine (C=N–C) groups is 1. The molecule has 3 saturated heterocycles. The minimum Gasteiger partial charge on any atom is -0.389 e. The Kier molecular flexibility index (Phi) is 8.79. The first-order chi connectivity index (χ1) is 23.5. The maximum atomic E-state index is 16.6. The van der Waals surface area contributed by atoms with Crippen LogP contribution < -0.4 is 16.0 Å². The molecule has 3 atom stereocenters. The number of anilines is 2. The van der Waals surface area contributed by atoms with Gasteiger partial charge in [0.25, 0.3) is 6.08 Å². The normalized spacial score (nSPS) is 24.1. The van der Waals surface area contributed by atoms with Gasteiger partial charge in [0.2, 0.25) is 0 Å². The summed E-state index contributed by atoms with van der Waals surface area (Å²) < 4.78 is 75.2. The third-order valence-corrected chi connectivity index (χ3v) is 11.4. The van der Waals surface area contributed by atoms with Crippen LogP contribution in [-0.2, 0) is 6.42 Å². The summed E-state index contributed by atoms with van der Waals surface area (Å²) in [6.07, 6.45) is 4.11. The van der Waals surface area contributed by atoms with E-state index in [9.17, 15) is 13.2 Å². The van der Waals surface area contributed by atoms with Crippen molar-refractivity contribution in [1.82, 2.24) is 20.2 Å². The van der Waals surface area contributed by atoms with Crippen molar-refractivity contribution in [3.63, 3.8) is 0 Å². The highest BCUT2D eigenvalue weighted by Crippen LogP contribution is 2.46. The molecule has 0 amide bonds. The van der Waals surface area contributed by atoms with Crippen LogP contribution in [0.25, 0.3) is 22.3 Å². The lowest BCUT2D eigenvalue weighted by Gasteiger charge is -2.40. The van der Waals surface area contributed by atoms with Crippen LogP contribution in [-0.4, -0.2) is 64.9 Å². The Morgan fingerprint density at radius 1 is 1.29 bits per heavy atom. The Morgan fingerprint density at radius 2 is 2.10 bits per heavy atom. The quantitative estimate of drug-likeness (QED) is 0.201. The number of nitrogens with zero attached hydrogens (tertiary/aromatic N) is 6. The van der Waals surface area contributed by atoms with Gasteiger partial charge in [0, 0.05) is 61.0 Å². The first-order valence-corrected chi connectivity index (χ1v) is 17.2. The molecular weight excluding hydrogens is 659 g/mol. The van der Waals surface area contributed by atoms with Gasteiger partial charge in [-0.15, -0.1) is 11.3 Å². The van der Waals surface area contributed by atoms with Gasteiger partial charge in [0.15, 0.2) is 11.6 Å². The van der Waals surface area contributed by atoms with E-state index >= 15 is 8.78 Å². The molecule has 0 aliphatic carbocycles. The van der Waals surface area contributed by atoms with Crippen molar-refractivity contribution in [3.05, 3.63) is 69.5 Å². The zero-order valence-electron chi connectivity index (χ0n) is 26.9. The fourth-order valence-corrected chi connectivity index (χ4v) is 8.68. The number of nitrogen functional groups attached to an aromatic ring is 1. The first kappa shape index (κ1) is 33.3. The molecule has 0 saturated carbocycles. The Balaban J connectivity index is 1.33. The lowest BCUT2D eigenvalue weighted by molar-refractivity contribution is 0.182. The number of thiophene rings is 1. The average Bonchev–Trinajstić information content (AvgIpc) is 3.75. The number of hydrogen-bond donors (Lipinski definition) is 2. The van der Waals surface area contributed by atoms with Gasteiger partial charge < -0.3 is 16.0 Å². The fraction of sp³-hybridized carbons (Fsp3) is 0.429. The molecule has 7 rings (SSSR count). The molecule has 3 aromatic rings. The molecule has 1 aromatic carbocycles. The molecule has 4 aliphatic rings. The van der Waals surface area contributed by atoms with E-state index in [2.05, 4.69) is 38.6 Å². The highest BCUT2D eigenvalue weighted by atomic mass is 32.1. The Morgan fingerprint density at radius 3 is 2.84 bits per heavy atom. The summed E-state index contributed by atoms with van der Waals surface area (Å²) in [6, 6.07) is 3.17. The molecule has 0 radical (unpaired) electrons. The predicted octanol–water partition coefficient (Wildman–Crippen LogP) is 7.11. The molecule has 256 valence electrons. The van der Waals surface area contributed by atoms with Crippen LogP contribution in [0, 0.1) is 23.0 Å². The maximum absolute atomic E-state index is 16.6. The number of aryl methyl sites for hydroxylation is 1. The van der Waals surface area contributed by atoms with Gasteiger partial charge in [-0.05, 0) is 56.7 Å². The van der Waals surface area contributed by atoms with Crippen LogP contribution in [0.15, 0.2) is 35.5 Å².